The van der Waals surface area contributed by atoms with Gasteiger partial charge in [0.2, 0.25) is 5.95 Å². The topological polar surface area (TPSA) is 69.8 Å². The van der Waals surface area contributed by atoms with Crippen molar-refractivity contribution in [1.29, 1.82) is 0 Å². The van der Waals surface area contributed by atoms with Gasteiger partial charge in [0.1, 0.15) is 0 Å². The highest BCUT2D eigenvalue weighted by molar-refractivity contribution is 5.33. The zero-order chi connectivity index (χ0) is 11.8. The summed E-state index contributed by atoms with van der Waals surface area (Å²) in [6, 6.07) is 0. The smallest absolute Gasteiger partial charge is 0.257 e. The van der Waals surface area contributed by atoms with Gasteiger partial charge in [0.25, 0.3) is 5.56 Å². The van der Waals surface area contributed by atoms with E-state index in [0.717, 1.165) is 24.2 Å². The lowest BCUT2D eigenvalue weighted by molar-refractivity contribution is 0.604. The minimum Gasteiger partial charge on any atom is -0.351 e. The molecule has 0 aliphatic carbocycles. The van der Waals surface area contributed by atoms with E-state index in [-0.39, 0.29) is 11.1 Å². The minimum absolute atomic E-state index is 0.0380. The fourth-order valence-corrected chi connectivity index (χ4v) is 1.77. The molecule has 1 aliphatic rings. The summed E-state index contributed by atoms with van der Waals surface area (Å²) >= 11 is 0. The molecule has 3 N–H and O–H groups in total. The van der Waals surface area contributed by atoms with Gasteiger partial charge in [-0.1, -0.05) is 0 Å². The number of nitrogens with zero attached hydrogens (tertiary/aromatic N) is 1. The molecule has 0 saturated heterocycles. The molecule has 5 nitrogen and oxygen atoms in total. The van der Waals surface area contributed by atoms with Crippen molar-refractivity contribution in [2.75, 3.05) is 11.9 Å². The number of aromatic amines is 1. The van der Waals surface area contributed by atoms with Crippen molar-refractivity contribution in [2.45, 2.75) is 39.3 Å². The van der Waals surface area contributed by atoms with Gasteiger partial charge in [-0.25, -0.2) is 4.98 Å². The van der Waals surface area contributed by atoms with Gasteiger partial charge in [0.15, 0.2) is 0 Å². The number of hydrogen-bond donors (Lipinski definition) is 3. The first-order valence-electron chi connectivity index (χ1n) is 5.57. The summed E-state index contributed by atoms with van der Waals surface area (Å²) < 4.78 is 0. The molecule has 0 saturated carbocycles. The van der Waals surface area contributed by atoms with Crippen molar-refractivity contribution in [3.05, 3.63) is 21.6 Å². The number of fused-ring (bicyclic) bond motifs is 1. The first-order valence-corrected chi connectivity index (χ1v) is 5.57. The normalized spacial score (nSPS) is 15.7. The fourth-order valence-electron chi connectivity index (χ4n) is 1.77. The minimum atomic E-state index is -0.100. The van der Waals surface area contributed by atoms with E-state index in [1.54, 1.807) is 0 Å². The molecule has 1 aromatic rings. The van der Waals surface area contributed by atoms with Crippen LogP contribution in [0, 0.1) is 0 Å². The summed E-state index contributed by atoms with van der Waals surface area (Å²) in [5.74, 6) is 0.568. The van der Waals surface area contributed by atoms with E-state index in [9.17, 15) is 4.79 Å². The van der Waals surface area contributed by atoms with E-state index < -0.39 is 0 Å². The van der Waals surface area contributed by atoms with Crippen LogP contribution >= 0.6 is 0 Å². The van der Waals surface area contributed by atoms with Crippen LogP contribution < -0.4 is 16.2 Å². The first-order chi connectivity index (χ1) is 7.46. The van der Waals surface area contributed by atoms with Gasteiger partial charge in [-0.15, -0.1) is 0 Å². The second-order valence-corrected chi connectivity index (χ2v) is 5.14. The lowest BCUT2D eigenvalue weighted by Crippen LogP contribution is -2.34. The standard InChI is InChI=1S/C11H18N4O/c1-11(2,3)15-10-13-8-4-5-12-6-7(8)9(16)14-10/h12H,4-6H2,1-3H3,(H2,13,14,15,16). The number of aromatic nitrogens is 2. The molecular formula is C11H18N4O. The van der Waals surface area contributed by atoms with E-state index in [1.165, 1.54) is 0 Å². The SMILES string of the molecule is CC(C)(C)Nc1nc2c(c(=O)[nH]1)CNCC2. The van der Waals surface area contributed by atoms with Crippen molar-refractivity contribution in [3.8, 4) is 0 Å². The van der Waals surface area contributed by atoms with Crippen LogP contribution in [0.4, 0.5) is 5.95 Å². The van der Waals surface area contributed by atoms with Crippen molar-refractivity contribution < 1.29 is 0 Å². The van der Waals surface area contributed by atoms with Crippen LogP contribution in [-0.2, 0) is 13.0 Å². The number of H-pyrrole nitrogens is 1. The van der Waals surface area contributed by atoms with Crippen molar-refractivity contribution >= 4 is 5.95 Å². The molecule has 0 aromatic carbocycles. The molecule has 0 atom stereocenters. The Bertz CT molecular complexity index is 444. The van der Waals surface area contributed by atoms with Gasteiger partial charge in [-0.3, -0.25) is 9.78 Å². The number of nitrogens with one attached hydrogen (secondary N) is 3. The van der Waals surface area contributed by atoms with Gasteiger partial charge in [0.05, 0.1) is 11.3 Å². The second kappa shape index (κ2) is 3.90. The van der Waals surface area contributed by atoms with Gasteiger partial charge in [-0.05, 0) is 20.8 Å². The Morgan fingerprint density at radius 3 is 2.81 bits per heavy atom. The molecule has 0 bridgehead atoms. The van der Waals surface area contributed by atoms with Gasteiger partial charge < -0.3 is 10.6 Å². The quantitative estimate of drug-likeness (QED) is 0.651. The number of anilines is 1. The van der Waals surface area contributed by atoms with E-state index >= 15 is 0 Å². The lowest BCUT2D eigenvalue weighted by atomic mass is 10.1. The van der Waals surface area contributed by atoms with Crippen molar-refractivity contribution in [2.24, 2.45) is 0 Å². The zero-order valence-electron chi connectivity index (χ0n) is 9.98. The van der Waals surface area contributed by atoms with Crippen molar-refractivity contribution in [3.63, 3.8) is 0 Å². The first kappa shape index (κ1) is 11.1. The van der Waals surface area contributed by atoms with E-state index in [1.807, 2.05) is 20.8 Å². The summed E-state index contributed by atoms with van der Waals surface area (Å²) in [5.41, 5.74) is 1.54. The van der Waals surface area contributed by atoms with E-state index in [0.29, 0.717) is 12.5 Å². The van der Waals surface area contributed by atoms with Crippen molar-refractivity contribution in [1.82, 2.24) is 15.3 Å². The third-order valence-electron chi connectivity index (χ3n) is 2.43. The average molecular weight is 222 g/mol. The maximum Gasteiger partial charge on any atom is 0.257 e. The summed E-state index contributed by atoms with van der Waals surface area (Å²) in [5, 5.41) is 6.35. The third-order valence-corrected chi connectivity index (χ3v) is 2.43. The molecule has 1 aliphatic heterocycles. The highest BCUT2D eigenvalue weighted by Gasteiger charge is 2.17. The third kappa shape index (κ3) is 2.41. The lowest BCUT2D eigenvalue weighted by Gasteiger charge is -2.22. The maximum absolute atomic E-state index is 11.8. The summed E-state index contributed by atoms with van der Waals surface area (Å²) in [6.07, 6.45) is 0.818. The number of hydrogen-bond acceptors (Lipinski definition) is 4. The molecule has 0 radical (unpaired) electrons. The highest BCUT2D eigenvalue weighted by atomic mass is 16.1. The fraction of sp³-hybridized carbons (Fsp3) is 0.636. The summed E-state index contributed by atoms with van der Waals surface area (Å²) in [6.45, 7) is 7.61. The largest absolute Gasteiger partial charge is 0.351 e. The Morgan fingerprint density at radius 2 is 2.12 bits per heavy atom. The zero-order valence-corrected chi connectivity index (χ0v) is 9.98. The maximum atomic E-state index is 11.8. The van der Waals surface area contributed by atoms with Crippen LogP contribution in [0.1, 0.15) is 32.0 Å². The molecule has 0 amide bonds. The van der Waals surface area contributed by atoms with E-state index in [2.05, 4.69) is 20.6 Å². The monoisotopic (exact) mass is 222 g/mol. The predicted molar refractivity (Wildman–Crippen MR) is 63.6 cm³/mol. The van der Waals surface area contributed by atoms with Crippen LogP contribution in [0.5, 0.6) is 0 Å². The Hall–Kier alpha value is -1.36. The van der Waals surface area contributed by atoms with Gasteiger partial charge >= 0.3 is 0 Å². The van der Waals surface area contributed by atoms with Crippen LogP contribution in [0.2, 0.25) is 0 Å². The van der Waals surface area contributed by atoms with Crippen LogP contribution in [0.25, 0.3) is 0 Å². The Morgan fingerprint density at radius 1 is 1.38 bits per heavy atom. The van der Waals surface area contributed by atoms with Crippen LogP contribution in [0.15, 0.2) is 4.79 Å². The van der Waals surface area contributed by atoms with Crippen LogP contribution in [0.3, 0.4) is 0 Å². The molecule has 0 unspecified atom stereocenters. The molecule has 5 heteroatoms. The molecule has 0 fully saturated rings. The number of rotatable bonds is 1. The summed E-state index contributed by atoms with van der Waals surface area (Å²) in [7, 11) is 0. The molecule has 1 aromatic heterocycles. The average Bonchev–Trinajstić information content (AvgIpc) is 2.15. The van der Waals surface area contributed by atoms with Crippen LogP contribution in [-0.4, -0.2) is 22.1 Å². The Kier molecular flexibility index (Phi) is 2.71. The van der Waals surface area contributed by atoms with E-state index in [4.69, 9.17) is 0 Å². The molecule has 0 spiro atoms. The Labute approximate surface area is 94.7 Å². The Balaban J connectivity index is 2.36. The summed E-state index contributed by atoms with van der Waals surface area (Å²) in [4.78, 5) is 19.0. The molecule has 16 heavy (non-hydrogen) atoms. The molecule has 2 heterocycles. The molecule has 88 valence electrons. The molecule has 2 rings (SSSR count). The second-order valence-electron chi connectivity index (χ2n) is 5.14. The molecular weight excluding hydrogens is 204 g/mol. The predicted octanol–water partition coefficient (Wildman–Crippen LogP) is 0.626. The van der Waals surface area contributed by atoms with Gasteiger partial charge in [0, 0.05) is 25.0 Å². The highest BCUT2D eigenvalue weighted by Crippen LogP contribution is 2.12. The van der Waals surface area contributed by atoms with Gasteiger partial charge in [-0.2, -0.15) is 0 Å².